The van der Waals surface area contributed by atoms with Crippen molar-refractivity contribution < 1.29 is 14.4 Å². The van der Waals surface area contributed by atoms with Gasteiger partial charge in [-0.2, -0.15) is 5.26 Å². The number of amides is 4. The van der Waals surface area contributed by atoms with E-state index in [2.05, 4.69) is 15.6 Å². The summed E-state index contributed by atoms with van der Waals surface area (Å²) in [5.74, 6) is -0.0773. The smallest absolute Gasteiger partial charge is 0.326 e. The quantitative estimate of drug-likeness (QED) is 0.512. The van der Waals surface area contributed by atoms with Gasteiger partial charge in [-0.25, -0.2) is 9.78 Å². The first-order valence-corrected chi connectivity index (χ1v) is 10.5. The predicted molar refractivity (Wildman–Crippen MR) is 123 cm³/mol. The van der Waals surface area contributed by atoms with Crippen molar-refractivity contribution in [1.29, 1.82) is 5.26 Å². The second-order valence-electron chi connectivity index (χ2n) is 7.92. The number of carbonyl (C=O) groups excluding carboxylic acids is 3. The minimum Gasteiger partial charge on any atom is -0.370 e. The molecule has 0 spiro atoms. The monoisotopic (exact) mass is 445 g/mol. The van der Waals surface area contributed by atoms with Gasteiger partial charge in [0.15, 0.2) is 0 Å². The van der Waals surface area contributed by atoms with E-state index >= 15 is 0 Å². The fourth-order valence-corrected chi connectivity index (χ4v) is 3.49. The van der Waals surface area contributed by atoms with Crippen molar-refractivity contribution in [2.75, 3.05) is 22.6 Å². The summed E-state index contributed by atoms with van der Waals surface area (Å²) in [6.07, 6.45) is 1.89. The van der Waals surface area contributed by atoms with Crippen molar-refractivity contribution in [3.8, 4) is 6.07 Å². The first kappa shape index (κ1) is 21.8. The lowest BCUT2D eigenvalue weighted by atomic mass is 10.2. The maximum Gasteiger partial charge on any atom is 0.326 e. The number of anilines is 3. The van der Waals surface area contributed by atoms with Crippen LogP contribution in [0.3, 0.4) is 0 Å². The molecule has 10 nitrogen and oxygen atoms in total. The standard InChI is InChI=1S/C23H23N7O3/c1-29(21(32)15-4-5-15)17-8-9-19-18(12-17)27-22(30(19)11-10-20(25)31)28-23(33)26-16-6-2-14(13-24)3-7-16/h2-3,6-9,12,15H,4-5,10-11H2,1H3,(H2,25,31)(H2,26,27,28,33). The molecule has 3 aromatic rings. The van der Waals surface area contributed by atoms with E-state index in [1.165, 1.54) is 0 Å². The van der Waals surface area contributed by atoms with Crippen molar-refractivity contribution in [3.63, 3.8) is 0 Å². The van der Waals surface area contributed by atoms with Gasteiger partial charge >= 0.3 is 6.03 Å². The Morgan fingerprint density at radius 3 is 2.55 bits per heavy atom. The highest BCUT2D eigenvalue weighted by Gasteiger charge is 2.32. The number of fused-ring (bicyclic) bond motifs is 1. The SMILES string of the molecule is CN(C(=O)C1CC1)c1ccc2c(c1)nc(NC(=O)Nc1ccc(C#N)cc1)n2CCC(N)=O. The fourth-order valence-electron chi connectivity index (χ4n) is 3.49. The Morgan fingerprint density at radius 2 is 1.91 bits per heavy atom. The van der Waals surface area contributed by atoms with Gasteiger partial charge in [-0.1, -0.05) is 0 Å². The summed E-state index contributed by atoms with van der Waals surface area (Å²) in [7, 11) is 1.73. The third-order valence-electron chi connectivity index (χ3n) is 5.46. The molecule has 0 atom stereocenters. The molecule has 4 amide bonds. The average Bonchev–Trinajstić information content (AvgIpc) is 3.59. The number of rotatable bonds is 7. The zero-order valence-electron chi connectivity index (χ0n) is 18.0. The Kier molecular flexibility index (Phi) is 5.95. The van der Waals surface area contributed by atoms with Gasteiger partial charge in [-0.05, 0) is 55.3 Å². The molecule has 4 rings (SSSR count). The Balaban J connectivity index is 1.59. The summed E-state index contributed by atoms with van der Waals surface area (Å²) in [5.41, 5.74) is 8.28. The minimum absolute atomic E-state index is 0.0687. The molecule has 1 aliphatic carbocycles. The number of carbonyl (C=O) groups is 3. The number of hydrogen-bond acceptors (Lipinski definition) is 5. The number of nitrogens with zero attached hydrogens (tertiary/aromatic N) is 4. The van der Waals surface area contributed by atoms with Crippen molar-refractivity contribution in [1.82, 2.24) is 9.55 Å². The Hall–Kier alpha value is -4.39. The molecule has 2 aromatic carbocycles. The van der Waals surface area contributed by atoms with Crippen molar-refractivity contribution in [2.24, 2.45) is 11.7 Å². The summed E-state index contributed by atoms with van der Waals surface area (Å²) in [4.78, 5) is 42.5. The number of aryl methyl sites for hydroxylation is 1. The Morgan fingerprint density at radius 1 is 1.18 bits per heavy atom. The molecule has 1 saturated carbocycles. The van der Waals surface area contributed by atoms with E-state index in [1.807, 2.05) is 12.1 Å². The number of aromatic nitrogens is 2. The molecule has 168 valence electrons. The highest BCUT2D eigenvalue weighted by Crippen LogP contribution is 2.33. The lowest BCUT2D eigenvalue weighted by molar-refractivity contribution is -0.119. The third-order valence-corrected chi connectivity index (χ3v) is 5.46. The van der Waals surface area contributed by atoms with E-state index in [1.54, 1.807) is 52.9 Å². The molecule has 10 heteroatoms. The van der Waals surface area contributed by atoms with E-state index in [0.717, 1.165) is 12.8 Å². The molecule has 4 N–H and O–H groups in total. The van der Waals surface area contributed by atoms with Crippen LogP contribution in [-0.4, -0.2) is 34.4 Å². The maximum atomic E-state index is 12.6. The molecular weight excluding hydrogens is 422 g/mol. The van der Waals surface area contributed by atoms with Crippen LogP contribution >= 0.6 is 0 Å². The van der Waals surface area contributed by atoms with Gasteiger partial charge in [0.2, 0.25) is 17.8 Å². The topological polar surface area (TPSA) is 146 Å². The largest absolute Gasteiger partial charge is 0.370 e. The Bertz CT molecular complexity index is 1270. The van der Waals surface area contributed by atoms with Gasteiger partial charge < -0.3 is 20.5 Å². The van der Waals surface area contributed by atoms with E-state index in [4.69, 9.17) is 11.0 Å². The normalized spacial score (nSPS) is 12.7. The zero-order chi connectivity index (χ0) is 23.5. The second kappa shape index (κ2) is 9.00. The van der Waals surface area contributed by atoms with Crippen LogP contribution < -0.4 is 21.3 Å². The molecule has 1 aliphatic rings. The van der Waals surface area contributed by atoms with Crippen molar-refractivity contribution in [2.45, 2.75) is 25.8 Å². The van der Waals surface area contributed by atoms with Crippen LogP contribution in [0.15, 0.2) is 42.5 Å². The van der Waals surface area contributed by atoms with Crippen LogP contribution in [0.1, 0.15) is 24.8 Å². The number of benzene rings is 2. The van der Waals surface area contributed by atoms with Gasteiger partial charge in [0.1, 0.15) is 0 Å². The zero-order valence-corrected chi connectivity index (χ0v) is 18.0. The molecule has 1 aromatic heterocycles. The lowest BCUT2D eigenvalue weighted by Gasteiger charge is -2.17. The van der Waals surface area contributed by atoms with Gasteiger partial charge in [0.25, 0.3) is 0 Å². The number of hydrogen-bond donors (Lipinski definition) is 3. The molecule has 0 aliphatic heterocycles. The lowest BCUT2D eigenvalue weighted by Crippen LogP contribution is -2.27. The molecule has 33 heavy (non-hydrogen) atoms. The highest BCUT2D eigenvalue weighted by atomic mass is 16.2. The number of nitrogens with one attached hydrogen (secondary N) is 2. The molecular formula is C23H23N7O3. The van der Waals surface area contributed by atoms with Crippen LogP contribution in [0.5, 0.6) is 0 Å². The molecule has 0 bridgehead atoms. The fraction of sp³-hybridized carbons (Fsp3) is 0.261. The summed E-state index contributed by atoms with van der Waals surface area (Å²) in [6, 6.07) is 13.3. The van der Waals surface area contributed by atoms with Crippen molar-refractivity contribution >= 4 is 46.2 Å². The van der Waals surface area contributed by atoms with Crippen LogP contribution in [0, 0.1) is 17.2 Å². The van der Waals surface area contributed by atoms with Crippen LogP contribution in [-0.2, 0) is 16.1 Å². The molecule has 0 unspecified atom stereocenters. The van der Waals surface area contributed by atoms with Gasteiger partial charge in [-0.3, -0.25) is 14.9 Å². The highest BCUT2D eigenvalue weighted by molar-refractivity contribution is 6.01. The predicted octanol–water partition coefficient (Wildman–Crippen LogP) is 2.80. The summed E-state index contributed by atoms with van der Waals surface area (Å²) >= 11 is 0. The van der Waals surface area contributed by atoms with Gasteiger partial charge in [0.05, 0.1) is 22.7 Å². The summed E-state index contributed by atoms with van der Waals surface area (Å²) in [6.45, 7) is 0.231. The average molecular weight is 445 g/mol. The van der Waals surface area contributed by atoms with Crippen LogP contribution in [0.25, 0.3) is 11.0 Å². The third kappa shape index (κ3) is 4.93. The maximum absolute atomic E-state index is 12.6. The van der Waals surface area contributed by atoms with Crippen LogP contribution in [0.4, 0.5) is 22.1 Å². The van der Waals surface area contributed by atoms with E-state index in [-0.39, 0.29) is 30.7 Å². The van der Waals surface area contributed by atoms with Gasteiger partial charge in [-0.15, -0.1) is 0 Å². The Labute approximate surface area is 190 Å². The molecule has 0 saturated heterocycles. The first-order valence-electron chi connectivity index (χ1n) is 10.5. The number of imidazole rings is 1. The molecule has 1 fully saturated rings. The summed E-state index contributed by atoms with van der Waals surface area (Å²) < 4.78 is 1.70. The second-order valence-corrected chi connectivity index (χ2v) is 7.92. The number of nitrogens with two attached hydrogens (primary N) is 1. The summed E-state index contributed by atoms with van der Waals surface area (Å²) in [5, 5.41) is 14.3. The minimum atomic E-state index is -0.531. The first-order chi connectivity index (χ1) is 15.9. The number of urea groups is 1. The number of primary amides is 1. The molecule has 1 heterocycles. The van der Waals surface area contributed by atoms with E-state index in [9.17, 15) is 14.4 Å². The van der Waals surface area contributed by atoms with Crippen LogP contribution in [0.2, 0.25) is 0 Å². The number of nitriles is 1. The van der Waals surface area contributed by atoms with E-state index in [0.29, 0.717) is 28.0 Å². The van der Waals surface area contributed by atoms with E-state index < -0.39 is 11.9 Å². The van der Waals surface area contributed by atoms with Gasteiger partial charge in [0, 0.05) is 37.3 Å². The van der Waals surface area contributed by atoms with Crippen molar-refractivity contribution in [3.05, 3.63) is 48.0 Å². The molecule has 0 radical (unpaired) electrons.